The molecule has 2 aromatic carbocycles. The lowest BCUT2D eigenvalue weighted by molar-refractivity contribution is 0.0614. The molecule has 0 fully saturated rings. The third-order valence-electron chi connectivity index (χ3n) is 3.62. The van der Waals surface area contributed by atoms with Crippen molar-refractivity contribution in [3.8, 4) is 22.5 Å². The number of nitrogens with one attached hydrogen (secondary N) is 1. The van der Waals surface area contributed by atoms with Gasteiger partial charge in [0.2, 0.25) is 0 Å². The summed E-state index contributed by atoms with van der Waals surface area (Å²) in [6.45, 7) is 5.54. The van der Waals surface area contributed by atoms with E-state index in [1.165, 1.54) is 0 Å². The standard InChI is InChI=1S/C21H22N2O2/c1-21(2,3)25-20(24)22-23-18(16-10-6-4-7-11-16)14-15-19(23)17-12-8-5-9-13-17/h4-15H,1-3H3,(H,22,24). The van der Waals surface area contributed by atoms with Crippen LogP contribution in [0.15, 0.2) is 72.8 Å². The van der Waals surface area contributed by atoms with Crippen LogP contribution in [0.3, 0.4) is 0 Å². The van der Waals surface area contributed by atoms with E-state index in [2.05, 4.69) is 5.43 Å². The average molecular weight is 334 g/mol. The van der Waals surface area contributed by atoms with Gasteiger partial charge in [0.15, 0.2) is 0 Å². The molecule has 0 bridgehead atoms. The van der Waals surface area contributed by atoms with Gasteiger partial charge in [0.05, 0.1) is 11.4 Å². The van der Waals surface area contributed by atoms with E-state index in [4.69, 9.17) is 4.74 Å². The quantitative estimate of drug-likeness (QED) is 0.706. The minimum atomic E-state index is -0.558. The first-order chi connectivity index (χ1) is 11.9. The Kier molecular flexibility index (Phi) is 4.61. The van der Waals surface area contributed by atoms with Gasteiger partial charge in [-0.3, -0.25) is 0 Å². The molecule has 0 unspecified atom stereocenters. The highest BCUT2D eigenvalue weighted by atomic mass is 16.6. The maximum absolute atomic E-state index is 12.3. The summed E-state index contributed by atoms with van der Waals surface area (Å²) in [5, 5.41) is 0. The smallest absolute Gasteiger partial charge is 0.426 e. The molecular formula is C21H22N2O2. The van der Waals surface area contributed by atoms with E-state index in [-0.39, 0.29) is 0 Å². The second-order valence-corrected chi connectivity index (χ2v) is 6.78. The lowest BCUT2D eigenvalue weighted by Crippen LogP contribution is -2.32. The molecule has 25 heavy (non-hydrogen) atoms. The Balaban J connectivity index is 2.03. The Labute approximate surface area is 148 Å². The van der Waals surface area contributed by atoms with Gasteiger partial charge in [-0.15, -0.1) is 0 Å². The summed E-state index contributed by atoms with van der Waals surface area (Å²) in [5.41, 5.74) is 6.13. The van der Waals surface area contributed by atoms with Crippen LogP contribution in [0.1, 0.15) is 20.8 Å². The third kappa shape index (κ3) is 4.10. The van der Waals surface area contributed by atoms with Crippen molar-refractivity contribution in [3.63, 3.8) is 0 Å². The molecule has 0 aliphatic rings. The monoisotopic (exact) mass is 334 g/mol. The van der Waals surface area contributed by atoms with Crippen LogP contribution >= 0.6 is 0 Å². The third-order valence-corrected chi connectivity index (χ3v) is 3.62. The topological polar surface area (TPSA) is 43.3 Å². The van der Waals surface area contributed by atoms with Crippen molar-refractivity contribution >= 4 is 6.09 Å². The maximum atomic E-state index is 12.3. The fourth-order valence-electron chi connectivity index (χ4n) is 2.62. The van der Waals surface area contributed by atoms with Crippen LogP contribution in [0.4, 0.5) is 4.79 Å². The summed E-state index contributed by atoms with van der Waals surface area (Å²) in [7, 11) is 0. The Morgan fingerprint density at radius 2 is 1.24 bits per heavy atom. The Hall–Kier alpha value is -3.01. The first-order valence-electron chi connectivity index (χ1n) is 8.27. The normalized spacial score (nSPS) is 11.2. The molecule has 4 heteroatoms. The van der Waals surface area contributed by atoms with Gasteiger partial charge in [0, 0.05) is 11.1 Å². The second-order valence-electron chi connectivity index (χ2n) is 6.78. The predicted molar refractivity (Wildman–Crippen MR) is 101 cm³/mol. The van der Waals surface area contributed by atoms with Crippen LogP contribution in [0.2, 0.25) is 0 Å². The van der Waals surface area contributed by atoms with E-state index in [1.807, 2.05) is 93.6 Å². The SMILES string of the molecule is CC(C)(C)OC(=O)Nn1c(-c2ccccc2)ccc1-c1ccccc1. The number of rotatable bonds is 3. The molecule has 1 heterocycles. The number of amides is 1. The highest BCUT2D eigenvalue weighted by Gasteiger charge is 2.19. The summed E-state index contributed by atoms with van der Waals surface area (Å²) < 4.78 is 7.20. The van der Waals surface area contributed by atoms with Crippen molar-refractivity contribution < 1.29 is 9.53 Å². The van der Waals surface area contributed by atoms with Gasteiger partial charge in [-0.1, -0.05) is 60.7 Å². The van der Waals surface area contributed by atoms with Crippen molar-refractivity contribution in [1.29, 1.82) is 0 Å². The minimum Gasteiger partial charge on any atom is -0.443 e. The van der Waals surface area contributed by atoms with Crippen LogP contribution in [0.25, 0.3) is 22.5 Å². The maximum Gasteiger partial charge on any atom is 0.426 e. The molecule has 0 spiro atoms. The molecule has 0 aliphatic carbocycles. The molecule has 128 valence electrons. The van der Waals surface area contributed by atoms with Gasteiger partial charge < -0.3 is 4.74 Å². The Bertz CT molecular complexity index is 790. The molecule has 1 N–H and O–H groups in total. The molecule has 1 aromatic heterocycles. The van der Waals surface area contributed by atoms with Crippen molar-refractivity contribution in [3.05, 3.63) is 72.8 Å². The number of carbonyl (C=O) groups excluding carboxylic acids is 1. The van der Waals surface area contributed by atoms with E-state index in [0.717, 1.165) is 22.5 Å². The summed E-state index contributed by atoms with van der Waals surface area (Å²) in [6.07, 6.45) is -0.488. The fraction of sp³-hybridized carbons (Fsp3) is 0.190. The highest BCUT2D eigenvalue weighted by Crippen LogP contribution is 2.28. The van der Waals surface area contributed by atoms with E-state index in [9.17, 15) is 4.79 Å². The number of nitrogens with zero attached hydrogens (tertiary/aromatic N) is 1. The van der Waals surface area contributed by atoms with Crippen LogP contribution in [-0.2, 0) is 4.74 Å². The van der Waals surface area contributed by atoms with Crippen molar-refractivity contribution in [2.75, 3.05) is 5.43 Å². The lowest BCUT2D eigenvalue weighted by Gasteiger charge is -2.22. The number of hydrogen-bond donors (Lipinski definition) is 1. The Morgan fingerprint density at radius 1 is 0.800 bits per heavy atom. The number of hydrogen-bond acceptors (Lipinski definition) is 2. The van der Waals surface area contributed by atoms with E-state index in [0.29, 0.717) is 0 Å². The van der Waals surface area contributed by atoms with Crippen molar-refractivity contribution in [2.45, 2.75) is 26.4 Å². The van der Waals surface area contributed by atoms with Crippen molar-refractivity contribution in [1.82, 2.24) is 4.68 Å². The average Bonchev–Trinajstić information content (AvgIpc) is 2.98. The number of benzene rings is 2. The first-order valence-corrected chi connectivity index (χ1v) is 8.27. The largest absolute Gasteiger partial charge is 0.443 e. The van der Waals surface area contributed by atoms with Gasteiger partial charge in [-0.2, -0.15) is 0 Å². The molecule has 3 rings (SSSR count). The Morgan fingerprint density at radius 3 is 1.64 bits per heavy atom. The van der Waals surface area contributed by atoms with Crippen LogP contribution < -0.4 is 5.43 Å². The minimum absolute atomic E-state index is 0.488. The van der Waals surface area contributed by atoms with Gasteiger partial charge in [-0.25, -0.2) is 14.9 Å². The van der Waals surface area contributed by atoms with Crippen molar-refractivity contribution in [2.24, 2.45) is 0 Å². The second kappa shape index (κ2) is 6.85. The fourth-order valence-corrected chi connectivity index (χ4v) is 2.62. The van der Waals surface area contributed by atoms with E-state index in [1.54, 1.807) is 4.68 Å². The zero-order valence-electron chi connectivity index (χ0n) is 14.7. The lowest BCUT2D eigenvalue weighted by atomic mass is 10.2. The summed E-state index contributed by atoms with van der Waals surface area (Å²) in [4.78, 5) is 12.3. The van der Waals surface area contributed by atoms with E-state index >= 15 is 0 Å². The number of ether oxygens (including phenoxy) is 1. The zero-order chi connectivity index (χ0) is 17.9. The molecule has 0 aliphatic heterocycles. The van der Waals surface area contributed by atoms with Gasteiger partial charge in [0.1, 0.15) is 5.60 Å². The molecule has 4 nitrogen and oxygen atoms in total. The molecule has 3 aromatic rings. The summed E-state index contributed by atoms with van der Waals surface area (Å²) in [6, 6.07) is 23.9. The predicted octanol–water partition coefficient (Wildman–Crippen LogP) is 5.30. The van der Waals surface area contributed by atoms with Gasteiger partial charge in [0.25, 0.3) is 0 Å². The van der Waals surface area contributed by atoms with Gasteiger partial charge in [-0.05, 0) is 32.9 Å². The van der Waals surface area contributed by atoms with Crippen LogP contribution in [-0.4, -0.2) is 16.4 Å². The molecule has 0 radical (unpaired) electrons. The number of carbonyl (C=O) groups is 1. The zero-order valence-corrected chi connectivity index (χ0v) is 14.7. The van der Waals surface area contributed by atoms with Gasteiger partial charge >= 0.3 is 6.09 Å². The molecular weight excluding hydrogens is 312 g/mol. The summed E-state index contributed by atoms with van der Waals surface area (Å²) >= 11 is 0. The van der Waals surface area contributed by atoms with Crippen LogP contribution in [0, 0.1) is 0 Å². The van der Waals surface area contributed by atoms with Crippen LogP contribution in [0.5, 0.6) is 0 Å². The highest BCUT2D eigenvalue weighted by molar-refractivity contribution is 5.80. The molecule has 0 saturated carbocycles. The molecule has 0 saturated heterocycles. The first kappa shape index (κ1) is 16.8. The summed E-state index contributed by atoms with van der Waals surface area (Å²) in [5.74, 6) is 0. The number of aromatic nitrogens is 1. The molecule has 1 amide bonds. The molecule has 0 atom stereocenters. The van der Waals surface area contributed by atoms with E-state index < -0.39 is 11.7 Å².